The maximum absolute atomic E-state index is 12.3. The normalized spacial score (nSPS) is 11.3. The molecule has 2 heterocycles. The van der Waals surface area contributed by atoms with Crippen LogP contribution < -0.4 is 5.69 Å². The van der Waals surface area contributed by atoms with Crippen LogP contribution in [0.1, 0.15) is 23.0 Å². The van der Waals surface area contributed by atoms with Crippen molar-refractivity contribution in [3.63, 3.8) is 0 Å². The first-order valence-electron chi connectivity index (χ1n) is 9.13. The van der Waals surface area contributed by atoms with E-state index in [1.54, 1.807) is 23.2 Å². The number of nitrogens with zero attached hydrogens (tertiary/aromatic N) is 4. The van der Waals surface area contributed by atoms with Gasteiger partial charge in [0.25, 0.3) is 0 Å². The van der Waals surface area contributed by atoms with E-state index < -0.39 is 0 Å². The molecule has 0 bridgehead atoms. The average Bonchev–Trinajstić information content (AvgIpc) is 3.12. The molecule has 2 aromatic heterocycles. The second kappa shape index (κ2) is 6.34. The zero-order valence-corrected chi connectivity index (χ0v) is 16.6. The molecule has 0 N–H and O–H groups in total. The summed E-state index contributed by atoms with van der Waals surface area (Å²) in [5, 5.41) is 4.51. The molecule has 142 valence electrons. The molecule has 0 unspecified atom stereocenters. The molecule has 4 rings (SSSR count). The van der Waals surface area contributed by atoms with Crippen LogP contribution in [0.25, 0.3) is 33.4 Å². The van der Waals surface area contributed by atoms with Gasteiger partial charge >= 0.3 is 5.69 Å². The molecule has 0 aliphatic heterocycles. The summed E-state index contributed by atoms with van der Waals surface area (Å²) < 4.78 is 4.73. The monoisotopic (exact) mass is 374 g/mol. The molecule has 0 aliphatic carbocycles. The van der Waals surface area contributed by atoms with E-state index in [9.17, 15) is 9.59 Å². The Hall–Kier alpha value is -3.41. The van der Waals surface area contributed by atoms with Crippen molar-refractivity contribution in [3.8, 4) is 22.4 Å². The maximum atomic E-state index is 12.3. The zero-order valence-electron chi connectivity index (χ0n) is 16.6. The molecular formula is C22H22N4O2. The van der Waals surface area contributed by atoms with Crippen molar-refractivity contribution in [1.29, 1.82) is 0 Å². The van der Waals surface area contributed by atoms with E-state index in [1.807, 2.05) is 50.2 Å². The Kier molecular flexibility index (Phi) is 4.07. The highest BCUT2D eigenvalue weighted by molar-refractivity contribution is 5.93. The minimum Gasteiger partial charge on any atom is -0.295 e. The van der Waals surface area contributed by atoms with Crippen LogP contribution in [0.15, 0.2) is 47.3 Å². The summed E-state index contributed by atoms with van der Waals surface area (Å²) >= 11 is 0. The third-order valence-corrected chi connectivity index (χ3v) is 5.21. The van der Waals surface area contributed by atoms with Crippen LogP contribution in [0.4, 0.5) is 0 Å². The molecule has 4 aromatic rings. The zero-order chi connectivity index (χ0) is 20.2. The summed E-state index contributed by atoms with van der Waals surface area (Å²) in [6.45, 7) is 5.44. The van der Waals surface area contributed by atoms with Crippen LogP contribution in [0.2, 0.25) is 0 Å². The highest BCUT2D eigenvalue weighted by Crippen LogP contribution is 2.36. The van der Waals surface area contributed by atoms with Gasteiger partial charge in [0, 0.05) is 32.1 Å². The van der Waals surface area contributed by atoms with E-state index in [4.69, 9.17) is 0 Å². The Morgan fingerprint density at radius 1 is 0.929 bits per heavy atom. The van der Waals surface area contributed by atoms with Crippen molar-refractivity contribution in [3.05, 3.63) is 64.2 Å². The standard InChI is InChI=1S/C22H22N4O2/c1-13-7-6-8-17(11-13)21-20(14(2)23-26(21)15(3)27)16-9-10-18-19(12-16)25(5)22(28)24(18)4/h6-12H,1-5H3. The lowest BCUT2D eigenvalue weighted by atomic mass is 9.97. The molecular weight excluding hydrogens is 352 g/mol. The summed E-state index contributed by atoms with van der Waals surface area (Å²) in [4.78, 5) is 24.6. The van der Waals surface area contributed by atoms with Crippen molar-refractivity contribution in [2.75, 3.05) is 0 Å². The molecule has 0 amide bonds. The summed E-state index contributed by atoms with van der Waals surface area (Å²) in [7, 11) is 3.53. The fraction of sp³-hybridized carbons (Fsp3) is 0.227. The maximum Gasteiger partial charge on any atom is 0.328 e. The first kappa shape index (κ1) is 18.0. The van der Waals surface area contributed by atoms with Crippen LogP contribution in [-0.4, -0.2) is 24.8 Å². The first-order chi connectivity index (χ1) is 13.3. The van der Waals surface area contributed by atoms with Gasteiger partial charge in [-0.05, 0) is 37.6 Å². The van der Waals surface area contributed by atoms with E-state index in [1.165, 1.54) is 11.6 Å². The number of carbonyl (C=O) groups excluding carboxylic acids is 1. The lowest BCUT2D eigenvalue weighted by molar-refractivity contribution is 0.0923. The highest BCUT2D eigenvalue weighted by Gasteiger charge is 2.21. The lowest BCUT2D eigenvalue weighted by Gasteiger charge is -2.10. The van der Waals surface area contributed by atoms with E-state index in [0.717, 1.165) is 44.7 Å². The van der Waals surface area contributed by atoms with Crippen LogP contribution in [-0.2, 0) is 14.1 Å². The Labute approximate surface area is 162 Å². The van der Waals surface area contributed by atoms with E-state index in [-0.39, 0.29) is 11.6 Å². The Bertz CT molecular complexity index is 1300. The molecule has 28 heavy (non-hydrogen) atoms. The number of hydrogen-bond acceptors (Lipinski definition) is 3. The molecule has 6 heteroatoms. The minimum atomic E-state index is -0.140. The summed E-state index contributed by atoms with van der Waals surface area (Å²) in [5.41, 5.74) is 7.06. The first-order valence-corrected chi connectivity index (χ1v) is 9.13. The summed E-state index contributed by atoms with van der Waals surface area (Å²) in [6, 6.07) is 14.0. The van der Waals surface area contributed by atoms with Gasteiger partial charge in [-0.15, -0.1) is 0 Å². The quantitative estimate of drug-likeness (QED) is 0.538. The van der Waals surface area contributed by atoms with E-state index in [2.05, 4.69) is 11.2 Å². The van der Waals surface area contributed by atoms with Crippen LogP contribution >= 0.6 is 0 Å². The number of benzene rings is 2. The largest absolute Gasteiger partial charge is 0.328 e. The molecule has 6 nitrogen and oxygen atoms in total. The molecule has 0 spiro atoms. The molecule has 0 radical (unpaired) electrons. The van der Waals surface area contributed by atoms with E-state index >= 15 is 0 Å². The predicted octanol–water partition coefficient (Wildman–Crippen LogP) is 3.68. The predicted molar refractivity (Wildman–Crippen MR) is 111 cm³/mol. The third-order valence-electron chi connectivity index (χ3n) is 5.21. The number of aryl methyl sites for hydroxylation is 4. The van der Waals surface area contributed by atoms with Gasteiger partial charge in [-0.1, -0.05) is 29.8 Å². The molecule has 0 saturated carbocycles. The summed E-state index contributed by atoms with van der Waals surface area (Å²) in [5.74, 6) is -0.140. The van der Waals surface area contributed by atoms with Crippen LogP contribution in [0.5, 0.6) is 0 Å². The number of aromatic nitrogens is 4. The van der Waals surface area contributed by atoms with Gasteiger partial charge in [0.05, 0.1) is 22.4 Å². The smallest absolute Gasteiger partial charge is 0.295 e. The second-order valence-electron chi connectivity index (χ2n) is 7.21. The number of fused-ring (bicyclic) bond motifs is 1. The number of hydrogen-bond donors (Lipinski definition) is 0. The number of carbonyl (C=O) groups is 1. The highest BCUT2D eigenvalue weighted by atomic mass is 16.2. The number of rotatable bonds is 2. The van der Waals surface area contributed by atoms with Gasteiger partial charge in [0.1, 0.15) is 0 Å². The van der Waals surface area contributed by atoms with Gasteiger partial charge in [-0.25, -0.2) is 4.79 Å². The molecule has 0 saturated heterocycles. The fourth-order valence-corrected chi connectivity index (χ4v) is 3.82. The average molecular weight is 374 g/mol. The van der Waals surface area contributed by atoms with Crippen molar-refractivity contribution >= 4 is 16.9 Å². The molecule has 0 atom stereocenters. The Balaban J connectivity index is 2.06. The topological polar surface area (TPSA) is 61.8 Å². The lowest BCUT2D eigenvalue weighted by Crippen LogP contribution is -2.19. The van der Waals surface area contributed by atoms with Gasteiger partial charge in [0.15, 0.2) is 0 Å². The summed E-state index contributed by atoms with van der Waals surface area (Å²) in [6.07, 6.45) is 0. The van der Waals surface area contributed by atoms with E-state index in [0.29, 0.717) is 0 Å². The van der Waals surface area contributed by atoms with Crippen LogP contribution in [0, 0.1) is 13.8 Å². The van der Waals surface area contributed by atoms with Crippen molar-refractivity contribution in [2.45, 2.75) is 20.8 Å². The van der Waals surface area contributed by atoms with Crippen molar-refractivity contribution < 1.29 is 4.79 Å². The minimum absolute atomic E-state index is 0.0674. The third kappa shape index (κ3) is 2.60. The Morgan fingerprint density at radius 3 is 2.32 bits per heavy atom. The molecule has 0 fully saturated rings. The SMILES string of the molecule is CC(=O)n1nc(C)c(-c2ccc3c(c2)n(C)c(=O)n3C)c1-c1cccc(C)c1. The molecule has 0 aliphatic rings. The van der Waals surface area contributed by atoms with Gasteiger partial charge in [-0.3, -0.25) is 13.9 Å². The molecule has 2 aromatic carbocycles. The Morgan fingerprint density at radius 2 is 1.64 bits per heavy atom. The van der Waals surface area contributed by atoms with Gasteiger partial charge < -0.3 is 0 Å². The van der Waals surface area contributed by atoms with Crippen molar-refractivity contribution in [1.82, 2.24) is 18.9 Å². The fourth-order valence-electron chi connectivity index (χ4n) is 3.82. The number of imidazole rings is 1. The van der Waals surface area contributed by atoms with Crippen LogP contribution in [0.3, 0.4) is 0 Å². The van der Waals surface area contributed by atoms with Crippen molar-refractivity contribution in [2.24, 2.45) is 14.1 Å². The van der Waals surface area contributed by atoms with Gasteiger partial charge in [0.2, 0.25) is 5.91 Å². The second-order valence-corrected chi connectivity index (χ2v) is 7.21. The van der Waals surface area contributed by atoms with Gasteiger partial charge in [-0.2, -0.15) is 9.78 Å².